The van der Waals surface area contributed by atoms with E-state index in [1.807, 2.05) is 4.90 Å². The van der Waals surface area contributed by atoms with Gasteiger partial charge in [0, 0.05) is 36.4 Å². The summed E-state index contributed by atoms with van der Waals surface area (Å²) in [6.45, 7) is 2.08. The highest BCUT2D eigenvalue weighted by molar-refractivity contribution is 5.79. The molecule has 1 N–H and O–H groups in total. The molecule has 0 spiro atoms. The topological polar surface area (TPSA) is 50.2 Å². The lowest BCUT2D eigenvalue weighted by atomic mass is 10.1. The molecule has 0 aromatic carbocycles. The average molecular weight is 312 g/mol. The van der Waals surface area contributed by atoms with Gasteiger partial charge in [0.1, 0.15) is 0 Å². The minimum absolute atomic E-state index is 0.00867. The van der Waals surface area contributed by atoms with Gasteiger partial charge in [-0.25, -0.2) is 4.68 Å². The van der Waals surface area contributed by atoms with E-state index in [9.17, 15) is 13.6 Å². The molecule has 0 unspecified atom stereocenters. The maximum Gasteiger partial charge on any atom is 0.333 e. The zero-order valence-corrected chi connectivity index (χ0v) is 13.0. The molecular weight excluding hydrogens is 290 g/mol. The smallest absolute Gasteiger partial charge is 0.333 e. The fourth-order valence-electron chi connectivity index (χ4n) is 3.58. The van der Waals surface area contributed by atoms with Crippen LogP contribution in [0.1, 0.15) is 42.8 Å². The number of fused-ring (bicyclic) bond motifs is 2. The molecule has 1 aromatic heterocycles. The minimum atomic E-state index is -2.67. The summed E-state index contributed by atoms with van der Waals surface area (Å²) in [4.78, 5) is 14.4. The molecule has 122 valence electrons. The Morgan fingerprint density at radius 3 is 2.73 bits per heavy atom. The van der Waals surface area contributed by atoms with E-state index in [1.165, 1.54) is 6.42 Å². The molecule has 2 aliphatic rings. The van der Waals surface area contributed by atoms with Crippen LogP contribution >= 0.6 is 0 Å². The highest BCUT2D eigenvalue weighted by Gasteiger charge is 2.31. The normalized spacial score (nSPS) is 24.9. The SMILES string of the molecule is Cc1nn(C(F)F)c(C)c1CC(=O)N1CC[C@H]2CC[C@@H](C1)N2. The van der Waals surface area contributed by atoms with Crippen molar-refractivity contribution < 1.29 is 13.6 Å². The third-order valence-corrected chi connectivity index (χ3v) is 4.86. The standard InChI is InChI=1S/C15H22F2N4O/c1-9-13(10(2)21(19-9)15(16)17)7-14(22)20-6-5-11-3-4-12(8-20)18-11/h11-12,15,18H,3-8H2,1-2H3/t11-,12+/m1/s1. The number of aromatic nitrogens is 2. The number of aryl methyl sites for hydroxylation is 1. The summed E-state index contributed by atoms with van der Waals surface area (Å²) in [7, 11) is 0. The van der Waals surface area contributed by atoms with Crippen LogP contribution in [0.3, 0.4) is 0 Å². The van der Waals surface area contributed by atoms with Crippen molar-refractivity contribution in [2.75, 3.05) is 13.1 Å². The van der Waals surface area contributed by atoms with Gasteiger partial charge in [0.15, 0.2) is 0 Å². The Kier molecular flexibility index (Phi) is 4.16. The van der Waals surface area contributed by atoms with Crippen molar-refractivity contribution >= 4 is 5.91 Å². The average Bonchev–Trinajstić information content (AvgIpc) is 2.92. The minimum Gasteiger partial charge on any atom is -0.341 e. The van der Waals surface area contributed by atoms with Gasteiger partial charge in [-0.1, -0.05) is 0 Å². The number of nitrogens with one attached hydrogen (secondary N) is 1. The van der Waals surface area contributed by atoms with E-state index in [0.717, 1.165) is 25.9 Å². The summed E-state index contributed by atoms with van der Waals surface area (Å²) in [5, 5.41) is 7.38. The number of halogens is 2. The molecule has 2 saturated heterocycles. The van der Waals surface area contributed by atoms with Gasteiger partial charge in [-0.15, -0.1) is 0 Å². The van der Waals surface area contributed by atoms with Crippen LogP contribution in [0.25, 0.3) is 0 Å². The molecule has 2 aliphatic heterocycles. The quantitative estimate of drug-likeness (QED) is 0.926. The summed E-state index contributed by atoms with van der Waals surface area (Å²) in [5.74, 6) is 0.00867. The number of rotatable bonds is 3. The van der Waals surface area contributed by atoms with Gasteiger partial charge in [0.05, 0.1) is 12.1 Å². The summed E-state index contributed by atoms with van der Waals surface area (Å²) in [6, 6.07) is 0.898. The third-order valence-electron chi connectivity index (χ3n) is 4.86. The molecule has 5 nitrogen and oxygen atoms in total. The van der Waals surface area contributed by atoms with Crippen molar-refractivity contribution in [1.29, 1.82) is 0 Å². The number of carbonyl (C=O) groups is 1. The molecule has 3 heterocycles. The molecular formula is C15H22F2N4O. The highest BCUT2D eigenvalue weighted by Crippen LogP contribution is 2.23. The highest BCUT2D eigenvalue weighted by atomic mass is 19.3. The molecule has 1 amide bonds. The summed E-state index contributed by atoms with van der Waals surface area (Å²) in [6.07, 6.45) is 3.42. The lowest BCUT2D eigenvalue weighted by Gasteiger charge is -2.24. The van der Waals surface area contributed by atoms with Gasteiger partial charge < -0.3 is 10.2 Å². The van der Waals surface area contributed by atoms with Crippen LogP contribution in [-0.4, -0.2) is 45.8 Å². The molecule has 2 atom stereocenters. The molecule has 0 radical (unpaired) electrons. The summed E-state index contributed by atoms with van der Waals surface area (Å²) in [5.41, 5.74) is 1.53. The van der Waals surface area contributed by atoms with Gasteiger partial charge in [-0.05, 0) is 33.1 Å². The van der Waals surface area contributed by atoms with Gasteiger partial charge in [-0.2, -0.15) is 13.9 Å². The van der Waals surface area contributed by atoms with Gasteiger partial charge in [0.25, 0.3) is 0 Å². The Labute approximate surface area is 128 Å². The molecule has 2 fully saturated rings. The summed E-state index contributed by atoms with van der Waals surface area (Å²) >= 11 is 0. The Bertz CT molecular complexity index is 572. The van der Waals surface area contributed by atoms with Gasteiger partial charge >= 0.3 is 6.55 Å². The van der Waals surface area contributed by atoms with Crippen molar-refractivity contribution in [3.8, 4) is 0 Å². The van der Waals surface area contributed by atoms with Crippen molar-refractivity contribution in [1.82, 2.24) is 20.0 Å². The Hall–Kier alpha value is -1.50. The van der Waals surface area contributed by atoms with E-state index < -0.39 is 6.55 Å². The first kappa shape index (κ1) is 15.4. The van der Waals surface area contributed by atoms with Gasteiger partial charge in [-0.3, -0.25) is 4.79 Å². The van der Waals surface area contributed by atoms with Gasteiger partial charge in [0.2, 0.25) is 5.91 Å². The van der Waals surface area contributed by atoms with Crippen molar-refractivity contribution in [2.24, 2.45) is 0 Å². The van der Waals surface area contributed by atoms with Crippen LogP contribution in [0.4, 0.5) is 8.78 Å². The second kappa shape index (κ2) is 5.95. The van der Waals surface area contributed by atoms with Crippen molar-refractivity contribution in [3.63, 3.8) is 0 Å². The number of amides is 1. The van der Waals surface area contributed by atoms with E-state index in [-0.39, 0.29) is 12.3 Å². The number of alkyl halides is 2. The monoisotopic (exact) mass is 312 g/mol. The number of hydrogen-bond acceptors (Lipinski definition) is 3. The van der Waals surface area contributed by atoms with Crippen LogP contribution in [0.15, 0.2) is 0 Å². The fraction of sp³-hybridized carbons (Fsp3) is 0.733. The van der Waals surface area contributed by atoms with E-state index in [4.69, 9.17) is 0 Å². The maximum absolute atomic E-state index is 12.9. The predicted molar refractivity (Wildman–Crippen MR) is 77.8 cm³/mol. The van der Waals surface area contributed by atoms with Crippen LogP contribution in [-0.2, 0) is 11.2 Å². The zero-order valence-electron chi connectivity index (χ0n) is 13.0. The number of hydrogen-bond donors (Lipinski definition) is 1. The number of likely N-dealkylation sites (tertiary alicyclic amines) is 1. The van der Waals surface area contributed by atoms with E-state index >= 15 is 0 Å². The van der Waals surface area contributed by atoms with Crippen molar-refractivity contribution in [3.05, 3.63) is 17.0 Å². The lowest BCUT2D eigenvalue weighted by Crippen LogP contribution is -2.39. The van der Waals surface area contributed by atoms with E-state index in [1.54, 1.807) is 13.8 Å². The lowest BCUT2D eigenvalue weighted by molar-refractivity contribution is -0.130. The molecule has 3 rings (SSSR count). The second-order valence-electron chi connectivity index (χ2n) is 6.31. The van der Waals surface area contributed by atoms with Crippen molar-refractivity contribution in [2.45, 2.75) is 58.2 Å². The molecule has 22 heavy (non-hydrogen) atoms. The molecule has 0 aliphatic carbocycles. The Balaban J connectivity index is 1.71. The second-order valence-corrected chi connectivity index (χ2v) is 6.31. The van der Waals surface area contributed by atoms with Crippen LogP contribution in [0.5, 0.6) is 0 Å². The fourth-order valence-corrected chi connectivity index (χ4v) is 3.58. The van der Waals surface area contributed by atoms with Crippen LogP contribution < -0.4 is 5.32 Å². The van der Waals surface area contributed by atoms with Crippen LogP contribution in [0.2, 0.25) is 0 Å². The maximum atomic E-state index is 12.9. The molecule has 2 bridgehead atoms. The van der Waals surface area contributed by atoms with E-state index in [2.05, 4.69) is 10.4 Å². The first-order valence-corrected chi connectivity index (χ1v) is 7.82. The number of carbonyl (C=O) groups excluding carboxylic acids is 1. The van der Waals surface area contributed by atoms with E-state index in [0.29, 0.717) is 33.7 Å². The predicted octanol–water partition coefficient (Wildman–Crippen LogP) is 1.79. The summed E-state index contributed by atoms with van der Waals surface area (Å²) < 4.78 is 26.4. The Morgan fingerprint density at radius 2 is 2.05 bits per heavy atom. The van der Waals surface area contributed by atoms with Crippen LogP contribution in [0, 0.1) is 13.8 Å². The molecule has 1 aromatic rings. The first-order chi connectivity index (χ1) is 10.5. The first-order valence-electron chi connectivity index (χ1n) is 7.82. The third kappa shape index (κ3) is 2.86. The zero-order chi connectivity index (χ0) is 15.9. The largest absolute Gasteiger partial charge is 0.341 e. The molecule has 0 saturated carbocycles. The Morgan fingerprint density at radius 1 is 1.32 bits per heavy atom. The number of nitrogens with zero attached hydrogens (tertiary/aromatic N) is 3. The molecule has 7 heteroatoms.